The highest BCUT2D eigenvalue weighted by atomic mass is 32.3. The number of thioether (sulfide) groups is 2. The van der Waals surface area contributed by atoms with Crippen LogP contribution in [0.15, 0.2) is 25.3 Å². The van der Waals surface area contributed by atoms with E-state index in [2.05, 4.69) is 23.1 Å². The second kappa shape index (κ2) is 21.0. The van der Waals surface area contributed by atoms with E-state index in [0.717, 1.165) is 11.5 Å². The maximum absolute atomic E-state index is 8.52. The summed E-state index contributed by atoms with van der Waals surface area (Å²) in [5.74, 6) is 1.71. The summed E-state index contributed by atoms with van der Waals surface area (Å²) in [7, 11) is -5.17. The minimum absolute atomic E-state index is 0.654. The molecule has 0 radical (unpaired) electrons. The Morgan fingerprint density at radius 3 is 1.40 bits per heavy atom. The Bertz CT molecular complexity index is 459. The summed E-state index contributed by atoms with van der Waals surface area (Å²) in [5, 5.41) is 1.43. The van der Waals surface area contributed by atoms with Crippen molar-refractivity contribution < 1.29 is 27.5 Å². The van der Waals surface area contributed by atoms with E-state index in [-0.39, 0.29) is 0 Å². The maximum atomic E-state index is 8.52. The van der Waals surface area contributed by atoms with E-state index >= 15 is 0 Å². The highest BCUT2D eigenvalue weighted by Gasteiger charge is 1.96. The largest absolute Gasteiger partial charge is 0.759 e. The van der Waals surface area contributed by atoms with Crippen LogP contribution in [0, 0.1) is 0 Å². The van der Waals surface area contributed by atoms with Crippen molar-refractivity contribution in [3.8, 4) is 0 Å². The molecule has 0 atom stereocenters. The zero-order valence-electron chi connectivity index (χ0n) is 14.0. The zero-order valence-corrected chi connectivity index (χ0v) is 16.4. The number of amidine groups is 2. The zero-order chi connectivity index (χ0) is 20.1. The molecule has 0 amide bonds. The first-order chi connectivity index (χ1) is 11.6. The van der Waals surface area contributed by atoms with Gasteiger partial charge in [0.05, 0.1) is 0 Å². The molecule has 0 unspecified atom stereocenters. The van der Waals surface area contributed by atoms with E-state index < -0.39 is 10.4 Å². The summed E-state index contributed by atoms with van der Waals surface area (Å²) >= 11 is 3.05. The fourth-order valence-corrected chi connectivity index (χ4v) is 1.83. The first kappa shape index (κ1) is 28.7. The molecule has 0 aromatic rings. The molecule has 0 aromatic carbocycles. The predicted molar refractivity (Wildman–Crippen MR) is 104 cm³/mol. The van der Waals surface area contributed by atoms with Gasteiger partial charge in [0.1, 0.15) is 13.1 Å². The second-order valence-electron chi connectivity index (χ2n) is 3.75. The van der Waals surface area contributed by atoms with E-state index in [4.69, 9.17) is 40.5 Å². The van der Waals surface area contributed by atoms with Gasteiger partial charge in [0.2, 0.25) is 0 Å². The average molecular weight is 417 g/mol. The first-order valence-electron chi connectivity index (χ1n) is 6.89. The van der Waals surface area contributed by atoms with Crippen molar-refractivity contribution in [3.05, 3.63) is 25.3 Å². The van der Waals surface area contributed by atoms with Gasteiger partial charge < -0.3 is 20.6 Å². The van der Waals surface area contributed by atoms with Crippen molar-refractivity contribution in [2.24, 2.45) is 22.9 Å². The van der Waals surface area contributed by atoms with Crippen LogP contribution in [0.5, 0.6) is 0 Å². The van der Waals surface area contributed by atoms with Crippen LogP contribution in [0.3, 0.4) is 0 Å². The molecule has 25 heavy (non-hydrogen) atoms. The van der Waals surface area contributed by atoms with Crippen LogP contribution in [-0.2, 0) is 10.4 Å². The van der Waals surface area contributed by atoms with Crippen molar-refractivity contribution >= 4 is 44.3 Å². The van der Waals surface area contributed by atoms with E-state index in [9.17, 15) is 0 Å². The van der Waals surface area contributed by atoms with Crippen LogP contribution >= 0.6 is 23.5 Å². The Morgan fingerprint density at radius 1 is 0.920 bits per heavy atom. The fourth-order valence-electron chi connectivity index (χ4n) is 0.785. The predicted octanol–water partition coefficient (Wildman–Crippen LogP) is -4.82. The van der Waals surface area contributed by atoms with Gasteiger partial charge >= 0.3 is 10.3 Å². The SMILES string of the molecule is C=CC[NH+]=C(N)SCCN.C=CC[NH+]=C(N)SCCN.O=S(=O)([O-])[O-]. The van der Waals surface area contributed by atoms with Crippen LogP contribution in [0.4, 0.5) is 0 Å². The van der Waals surface area contributed by atoms with Crippen molar-refractivity contribution in [1.82, 2.24) is 0 Å². The Kier molecular flexibility index (Phi) is 24.1. The Morgan fingerprint density at radius 2 is 1.20 bits per heavy atom. The van der Waals surface area contributed by atoms with Gasteiger partial charge in [-0.2, -0.15) is 0 Å². The maximum Gasteiger partial charge on any atom is 0.302 e. The summed E-state index contributed by atoms with van der Waals surface area (Å²) in [6, 6.07) is 0. The van der Waals surface area contributed by atoms with E-state index in [1.165, 1.54) is 23.5 Å². The molecule has 10 N–H and O–H groups in total. The van der Waals surface area contributed by atoms with E-state index in [1.54, 1.807) is 12.2 Å². The lowest BCUT2D eigenvalue weighted by atomic mass is 10.7. The van der Waals surface area contributed by atoms with Crippen molar-refractivity contribution in [2.75, 3.05) is 37.7 Å². The van der Waals surface area contributed by atoms with E-state index in [0.29, 0.717) is 36.5 Å². The first-order valence-corrected chi connectivity index (χ1v) is 10.2. The molecular formula is C12H28N6O4S3. The average Bonchev–Trinajstić information content (AvgIpc) is 2.53. The summed E-state index contributed by atoms with van der Waals surface area (Å²) in [6.45, 7) is 9.83. The van der Waals surface area contributed by atoms with Crippen LogP contribution in [0.2, 0.25) is 0 Å². The number of nitrogens with two attached hydrogens (primary N) is 4. The summed E-state index contributed by atoms with van der Waals surface area (Å²) in [5.41, 5.74) is 21.6. The summed E-state index contributed by atoms with van der Waals surface area (Å²) in [6.07, 6.45) is 3.52. The number of nitrogens with one attached hydrogen (secondary N) is 2. The molecule has 0 aliphatic rings. The molecular weight excluding hydrogens is 388 g/mol. The second-order valence-corrected chi connectivity index (χ2v) is 6.84. The van der Waals surface area contributed by atoms with Crippen molar-refractivity contribution in [3.63, 3.8) is 0 Å². The van der Waals surface area contributed by atoms with Gasteiger partial charge in [-0.25, -0.2) is 0 Å². The Labute approximate surface area is 157 Å². The third kappa shape index (κ3) is 45.1. The van der Waals surface area contributed by atoms with Crippen LogP contribution in [0.25, 0.3) is 0 Å². The van der Waals surface area contributed by atoms with E-state index in [1.807, 2.05) is 0 Å². The van der Waals surface area contributed by atoms with Crippen molar-refractivity contribution in [2.45, 2.75) is 0 Å². The lowest BCUT2D eigenvalue weighted by Crippen LogP contribution is -2.74. The molecule has 0 saturated carbocycles. The molecule has 0 bridgehead atoms. The van der Waals surface area contributed by atoms with Gasteiger partial charge in [0.25, 0.3) is 0 Å². The molecule has 0 spiro atoms. The number of rotatable bonds is 8. The smallest absolute Gasteiger partial charge is 0.302 e. The molecule has 0 aliphatic heterocycles. The molecule has 13 heteroatoms. The molecule has 148 valence electrons. The molecule has 0 aliphatic carbocycles. The lowest BCUT2D eigenvalue weighted by molar-refractivity contribution is -0.442. The third-order valence-electron chi connectivity index (χ3n) is 1.59. The molecule has 10 nitrogen and oxygen atoms in total. The third-order valence-corrected chi connectivity index (χ3v) is 3.38. The van der Waals surface area contributed by atoms with Gasteiger partial charge in [-0.3, -0.25) is 29.9 Å². The number of hydrogen-bond donors (Lipinski definition) is 6. The minimum Gasteiger partial charge on any atom is -0.759 e. The molecule has 0 aromatic heterocycles. The fraction of sp³-hybridized carbons (Fsp3) is 0.500. The Balaban J connectivity index is -0.000000308. The highest BCUT2D eigenvalue weighted by molar-refractivity contribution is 8.13. The highest BCUT2D eigenvalue weighted by Crippen LogP contribution is 1.91. The molecule has 0 fully saturated rings. The summed E-state index contributed by atoms with van der Waals surface area (Å²) < 4.78 is 34.1. The monoisotopic (exact) mass is 416 g/mol. The van der Waals surface area contributed by atoms with Gasteiger partial charge in [0.15, 0.2) is 0 Å². The van der Waals surface area contributed by atoms with Crippen LogP contribution in [0.1, 0.15) is 0 Å². The van der Waals surface area contributed by atoms with Crippen molar-refractivity contribution in [1.29, 1.82) is 0 Å². The molecule has 0 heterocycles. The standard InChI is InChI=1S/2C6H13N3S.H2O4S/c2*1-2-4-9-6(8)10-5-3-7;1-5(2,3)4/h2*2H,1,3-5,7H2,(H2,8,9);(H2,1,2,3,4). The van der Waals surface area contributed by atoms with Gasteiger partial charge in [-0.1, -0.05) is 25.3 Å². The van der Waals surface area contributed by atoms with Gasteiger partial charge in [0, 0.05) is 35.0 Å². The lowest BCUT2D eigenvalue weighted by Gasteiger charge is -2.06. The topological polar surface area (TPSA) is 212 Å². The van der Waals surface area contributed by atoms with Crippen LogP contribution in [-0.4, -0.2) is 65.5 Å². The quantitative estimate of drug-likeness (QED) is 0.0729. The normalized spacial score (nSPS) is 11.5. The minimum atomic E-state index is -5.17. The van der Waals surface area contributed by atoms with Gasteiger partial charge in [-0.15, -0.1) is 0 Å². The number of hydrogen-bond acceptors (Lipinski definition) is 8. The summed E-state index contributed by atoms with van der Waals surface area (Å²) in [4.78, 5) is 5.90. The van der Waals surface area contributed by atoms with Crippen LogP contribution < -0.4 is 32.9 Å². The molecule has 0 rings (SSSR count). The molecule has 0 saturated heterocycles. The Hall–Kier alpha value is -1.09. The van der Waals surface area contributed by atoms with Gasteiger partial charge in [-0.05, 0) is 23.5 Å².